The van der Waals surface area contributed by atoms with Crippen molar-refractivity contribution in [2.45, 2.75) is 25.1 Å². The summed E-state index contributed by atoms with van der Waals surface area (Å²) in [5, 5.41) is 9.02. The first-order valence-corrected chi connectivity index (χ1v) is 10.7. The molecule has 4 N–H and O–H groups in total. The van der Waals surface area contributed by atoms with Crippen LogP contribution in [0.2, 0.25) is 0 Å². The van der Waals surface area contributed by atoms with Crippen LogP contribution in [0, 0.1) is 0 Å². The van der Waals surface area contributed by atoms with Crippen molar-refractivity contribution < 1.29 is 27.2 Å². The molecule has 0 radical (unpaired) electrons. The predicted molar refractivity (Wildman–Crippen MR) is 119 cm³/mol. The van der Waals surface area contributed by atoms with E-state index in [2.05, 4.69) is 30.6 Å². The van der Waals surface area contributed by atoms with Crippen LogP contribution in [0.3, 0.4) is 0 Å². The molecule has 0 spiro atoms. The number of rotatable bonds is 7. The Morgan fingerprint density at radius 3 is 2.71 bits per heavy atom. The van der Waals surface area contributed by atoms with Gasteiger partial charge in [0.05, 0.1) is 11.7 Å². The van der Waals surface area contributed by atoms with Gasteiger partial charge in [-0.2, -0.15) is 18.3 Å². The second-order valence-electron chi connectivity index (χ2n) is 8.16. The van der Waals surface area contributed by atoms with Crippen LogP contribution < -0.4 is 16.4 Å². The fourth-order valence-corrected chi connectivity index (χ4v) is 3.66. The van der Waals surface area contributed by atoms with E-state index in [4.69, 9.17) is 10.2 Å². The van der Waals surface area contributed by atoms with E-state index >= 15 is 0 Å². The number of likely N-dealkylation sites (tertiary alicyclic amines) is 1. The molecule has 4 rings (SSSR count). The van der Waals surface area contributed by atoms with Crippen molar-refractivity contribution in [2.75, 3.05) is 37.3 Å². The Bertz CT molecular complexity index is 1210. The number of halogens is 3. The number of carbonyl (C=O) groups is 2. The van der Waals surface area contributed by atoms with Crippen molar-refractivity contribution >= 4 is 23.3 Å². The van der Waals surface area contributed by atoms with Crippen molar-refractivity contribution in [3.05, 3.63) is 42.2 Å². The van der Waals surface area contributed by atoms with Crippen molar-refractivity contribution in [3.63, 3.8) is 0 Å². The number of hydrogen-bond donors (Lipinski definition) is 3. The molecule has 3 aromatic rings. The van der Waals surface area contributed by atoms with Gasteiger partial charge in [-0.1, -0.05) is 0 Å². The van der Waals surface area contributed by atoms with Crippen LogP contribution in [0.1, 0.15) is 39.9 Å². The Hall–Kier alpha value is -3.94. The Labute approximate surface area is 197 Å². The fraction of sp³-hybridized carbons (Fsp3) is 0.381. The molecular weight excluding hydrogens is 469 g/mol. The van der Waals surface area contributed by atoms with Crippen LogP contribution in [-0.4, -0.2) is 69.3 Å². The van der Waals surface area contributed by atoms with Crippen LogP contribution >= 0.6 is 0 Å². The van der Waals surface area contributed by atoms with Gasteiger partial charge < -0.3 is 25.7 Å². The quantitative estimate of drug-likeness (QED) is 0.456. The summed E-state index contributed by atoms with van der Waals surface area (Å²) in [6, 6.07) is 2.86. The normalized spacial score (nSPS) is 15.2. The third-order valence-electron chi connectivity index (χ3n) is 5.49. The lowest BCUT2D eigenvalue weighted by Gasteiger charge is -2.28. The van der Waals surface area contributed by atoms with Crippen molar-refractivity contribution in [1.82, 2.24) is 24.6 Å². The highest BCUT2D eigenvalue weighted by Crippen LogP contribution is 2.26. The van der Waals surface area contributed by atoms with Gasteiger partial charge in [-0.3, -0.25) is 14.3 Å². The number of oxazole rings is 1. The minimum Gasteiger partial charge on any atom is -0.444 e. The van der Waals surface area contributed by atoms with Crippen molar-refractivity contribution in [1.29, 1.82) is 0 Å². The third kappa shape index (κ3) is 5.95. The number of amides is 2. The van der Waals surface area contributed by atoms with Gasteiger partial charge in [-0.05, 0) is 45.1 Å². The predicted octanol–water partition coefficient (Wildman–Crippen LogP) is 2.53. The van der Waals surface area contributed by atoms with Gasteiger partial charge in [0.25, 0.3) is 11.8 Å². The zero-order valence-electron chi connectivity index (χ0n) is 18.7. The van der Waals surface area contributed by atoms with Gasteiger partial charge in [0.2, 0.25) is 5.89 Å². The van der Waals surface area contributed by atoms with E-state index in [9.17, 15) is 22.8 Å². The lowest BCUT2D eigenvalue weighted by Crippen LogP contribution is -2.31. The molecule has 186 valence electrons. The molecule has 11 nitrogen and oxygen atoms in total. The summed E-state index contributed by atoms with van der Waals surface area (Å²) in [7, 11) is 2.03. The van der Waals surface area contributed by atoms with Gasteiger partial charge >= 0.3 is 6.18 Å². The number of piperidine rings is 1. The van der Waals surface area contributed by atoms with E-state index in [1.807, 2.05) is 7.05 Å². The number of anilines is 2. The number of pyridine rings is 1. The minimum absolute atomic E-state index is 0.00440. The maximum atomic E-state index is 12.8. The molecule has 2 amide bonds. The summed E-state index contributed by atoms with van der Waals surface area (Å²) in [6.07, 6.45) is 1.21. The average molecular weight is 492 g/mol. The lowest BCUT2D eigenvalue weighted by atomic mass is 10.1. The number of nitrogens with one attached hydrogen (secondary N) is 2. The maximum absolute atomic E-state index is 12.8. The molecule has 1 aliphatic rings. The third-order valence-corrected chi connectivity index (χ3v) is 5.49. The minimum atomic E-state index is -4.41. The fourth-order valence-electron chi connectivity index (χ4n) is 3.66. The summed E-state index contributed by atoms with van der Waals surface area (Å²) in [4.78, 5) is 34.8. The number of nitrogens with two attached hydrogens (primary N) is 1. The van der Waals surface area contributed by atoms with E-state index in [0.29, 0.717) is 5.56 Å². The summed E-state index contributed by atoms with van der Waals surface area (Å²) >= 11 is 0. The number of carbonyl (C=O) groups excluding carboxylic acids is 2. The topological polar surface area (TPSA) is 144 Å². The van der Waals surface area contributed by atoms with Gasteiger partial charge in [-0.25, -0.2) is 9.97 Å². The molecule has 1 aliphatic heterocycles. The first-order valence-electron chi connectivity index (χ1n) is 10.7. The molecule has 14 heteroatoms. The molecule has 1 saturated heterocycles. The standard InChI is InChI=1S/C21H23F3N8O3/c1-31-6-3-13(4-7-31)32-9-14(17(30-32)18(25)33)28-19(34)15-10-35-20(29-15)12-2-5-26-16(8-12)27-11-21(22,23)24/h2,5,8-10,13H,3-4,6-7,11H2,1H3,(H2,25,33)(H,26,27)(H,28,34). The molecule has 0 atom stereocenters. The molecule has 1 fully saturated rings. The Balaban J connectivity index is 1.48. The molecule has 0 unspecified atom stereocenters. The zero-order chi connectivity index (χ0) is 25.2. The van der Waals surface area contributed by atoms with Gasteiger partial charge in [0.15, 0.2) is 11.4 Å². The number of alkyl halides is 3. The number of primary amides is 1. The van der Waals surface area contributed by atoms with E-state index in [1.165, 1.54) is 18.3 Å². The lowest BCUT2D eigenvalue weighted by molar-refractivity contribution is -0.115. The van der Waals surface area contributed by atoms with Crippen LogP contribution in [-0.2, 0) is 0 Å². The Kier molecular flexibility index (Phi) is 6.73. The highest BCUT2D eigenvalue weighted by Gasteiger charge is 2.27. The highest BCUT2D eigenvalue weighted by atomic mass is 19.4. The largest absolute Gasteiger partial charge is 0.444 e. The molecule has 0 bridgehead atoms. The zero-order valence-corrected chi connectivity index (χ0v) is 18.7. The van der Waals surface area contributed by atoms with E-state index in [0.717, 1.165) is 32.2 Å². The smallest absolute Gasteiger partial charge is 0.405 e. The molecule has 0 aliphatic carbocycles. The van der Waals surface area contributed by atoms with Crippen LogP contribution in [0.5, 0.6) is 0 Å². The SMILES string of the molecule is CN1CCC(n2cc(NC(=O)c3coc(-c4ccnc(NCC(F)(F)F)c4)n3)c(C(N)=O)n2)CC1. The first-order chi connectivity index (χ1) is 16.6. The molecule has 3 aromatic heterocycles. The van der Waals surface area contributed by atoms with E-state index in [-0.39, 0.29) is 34.8 Å². The number of nitrogens with zero attached hydrogens (tertiary/aromatic N) is 5. The summed E-state index contributed by atoms with van der Waals surface area (Å²) in [5.41, 5.74) is 5.73. The first kappa shape index (κ1) is 24.2. The summed E-state index contributed by atoms with van der Waals surface area (Å²) in [6.45, 7) is 0.501. The van der Waals surface area contributed by atoms with Crippen molar-refractivity contribution in [2.24, 2.45) is 5.73 Å². The maximum Gasteiger partial charge on any atom is 0.405 e. The van der Waals surface area contributed by atoms with Crippen LogP contribution in [0.25, 0.3) is 11.5 Å². The Morgan fingerprint density at radius 2 is 2.03 bits per heavy atom. The molecule has 35 heavy (non-hydrogen) atoms. The molecule has 0 aromatic carbocycles. The molecular formula is C21H23F3N8O3. The van der Waals surface area contributed by atoms with Crippen molar-refractivity contribution in [3.8, 4) is 11.5 Å². The summed E-state index contributed by atoms with van der Waals surface area (Å²) in [5.74, 6) is -1.49. The van der Waals surface area contributed by atoms with E-state index < -0.39 is 24.5 Å². The average Bonchev–Trinajstić information content (AvgIpc) is 3.46. The monoisotopic (exact) mass is 492 g/mol. The van der Waals surface area contributed by atoms with Gasteiger partial charge in [0.1, 0.15) is 18.6 Å². The number of aromatic nitrogens is 4. The van der Waals surface area contributed by atoms with Crippen LogP contribution in [0.4, 0.5) is 24.7 Å². The van der Waals surface area contributed by atoms with Gasteiger partial charge in [0, 0.05) is 18.0 Å². The second-order valence-corrected chi connectivity index (χ2v) is 8.16. The second kappa shape index (κ2) is 9.74. The highest BCUT2D eigenvalue weighted by molar-refractivity contribution is 6.07. The van der Waals surface area contributed by atoms with E-state index in [1.54, 1.807) is 10.9 Å². The molecule has 4 heterocycles. The summed E-state index contributed by atoms with van der Waals surface area (Å²) < 4.78 is 44.3. The Morgan fingerprint density at radius 1 is 1.29 bits per heavy atom. The van der Waals surface area contributed by atoms with Gasteiger partial charge in [-0.15, -0.1) is 0 Å². The van der Waals surface area contributed by atoms with Crippen LogP contribution in [0.15, 0.2) is 35.2 Å². The molecule has 0 saturated carbocycles. The number of hydrogen-bond acceptors (Lipinski definition) is 8.